The molecule has 0 aliphatic heterocycles. The maximum absolute atomic E-state index is 12.0. The topological polar surface area (TPSA) is 84.1 Å². The van der Waals surface area contributed by atoms with Gasteiger partial charge in [0, 0.05) is 18.4 Å². The predicted molar refractivity (Wildman–Crippen MR) is 104 cm³/mol. The maximum atomic E-state index is 12.0. The third-order valence-electron chi connectivity index (χ3n) is 3.67. The van der Waals surface area contributed by atoms with Crippen LogP contribution in [0.2, 0.25) is 0 Å². The van der Waals surface area contributed by atoms with Crippen LogP contribution in [-0.2, 0) is 17.0 Å². The Hall–Kier alpha value is -2.28. The zero-order valence-electron chi connectivity index (χ0n) is 15.4. The van der Waals surface area contributed by atoms with Gasteiger partial charge in [0.15, 0.2) is 5.16 Å². The molecule has 0 aliphatic carbocycles. The smallest absolute Gasteiger partial charge is 0.251 e. The van der Waals surface area contributed by atoms with E-state index in [4.69, 9.17) is 4.74 Å². The van der Waals surface area contributed by atoms with Crippen molar-refractivity contribution in [3.05, 3.63) is 51.9 Å². The third-order valence-corrected chi connectivity index (χ3v) is 4.61. The van der Waals surface area contributed by atoms with Gasteiger partial charge in [-0.05, 0) is 30.0 Å². The molecule has 0 spiro atoms. The van der Waals surface area contributed by atoms with Crippen LogP contribution >= 0.6 is 11.8 Å². The number of ether oxygens (including phenoxy) is 1. The van der Waals surface area contributed by atoms with Gasteiger partial charge < -0.3 is 15.0 Å². The maximum Gasteiger partial charge on any atom is 0.251 e. The summed E-state index contributed by atoms with van der Waals surface area (Å²) < 4.78 is 5.21. The van der Waals surface area contributed by atoms with E-state index in [2.05, 4.69) is 29.1 Å². The van der Waals surface area contributed by atoms with Crippen LogP contribution in [0.25, 0.3) is 0 Å². The van der Waals surface area contributed by atoms with Gasteiger partial charge in [-0.25, -0.2) is 4.98 Å². The van der Waals surface area contributed by atoms with Crippen LogP contribution in [-0.4, -0.2) is 29.5 Å². The highest BCUT2D eigenvalue weighted by molar-refractivity contribution is 7.98. The largest absolute Gasteiger partial charge is 0.497 e. The molecule has 6 nitrogen and oxygen atoms in total. The van der Waals surface area contributed by atoms with Crippen molar-refractivity contribution in [1.29, 1.82) is 0 Å². The number of hydrogen-bond acceptors (Lipinski definition) is 5. The Morgan fingerprint density at radius 2 is 2.15 bits per heavy atom. The Balaban J connectivity index is 1.95. The number of amides is 1. The van der Waals surface area contributed by atoms with Crippen molar-refractivity contribution in [2.75, 3.05) is 13.7 Å². The molecular weight excluding hydrogens is 350 g/mol. The molecular formula is C19H25N3O3S. The van der Waals surface area contributed by atoms with Gasteiger partial charge in [0.1, 0.15) is 5.75 Å². The summed E-state index contributed by atoms with van der Waals surface area (Å²) in [5.74, 6) is 1.85. The number of nitrogens with one attached hydrogen (secondary N) is 2. The van der Waals surface area contributed by atoms with Gasteiger partial charge in [0.2, 0.25) is 5.91 Å². The fraction of sp³-hybridized carbons (Fsp3) is 0.421. The number of aromatic nitrogens is 2. The Kier molecular flexibility index (Phi) is 7.72. The number of thioether (sulfide) groups is 1. The summed E-state index contributed by atoms with van der Waals surface area (Å²) >= 11 is 1.42. The van der Waals surface area contributed by atoms with E-state index in [1.165, 1.54) is 17.8 Å². The SMILES string of the molecule is COc1cccc(CSc2nc(CC(=O)NCCC(C)C)cc(=O)[nH]2)c1. The lowest BCUT2D eigenvalue weighted by Crippen LogP contribution is -2.27. The standard InChI is InChI=1S/C19H25N3O3S/c1-13(2)7-8-20-17(23)10-15-11-18(24)22-19(21-15)26-12-14-5-4-6-16(9-14)25-3/h4-6,9,11,13H,7-8,10,12H2,1-3H3,(H,20,23)(H,21,22,24). The Morgan fingerprint density at radius 3 is 2.88 bits per heavy atom. The molecule has 0 radical (unpaired) electrons. The zero-order valence-corrected chi connectivity index (χ0v) is 16.2. The van der Waals surface area contributed by atoms with Crippen LogP contribution in [0.5, 0.6) is 5.75 Å². The molecule has 1 heterocycles. The molecule has 2 aromatic rings. The normalized spacial score (nSPS) is 10.8. The van der Waals surface area contributed by atoms with Gasteiger partial charge in [0.25, 0.3) is 5.56 Å². The Bertz CT molecular complexity index is 790. The monoisotopic (exact) mass is 375 g/mol. The summed E-state index contributed by atoms with van der Waals surface area (Å²) in [5.41, 5.74) is 1.29. The molecule has 140 valence electrons. The molecule has 0 bridgehead atoms. The molecule has 0 fully saturated rings. The number of benzene rings is 1. The van der Waals surface area contributed by atoms with Gasteiger partial charge in [0.05, 0.1) is 19.2 Å². The second-order valence-corrected chi connectivity index (χ2v) is 7.36. The van der Waals surface area contributed by atoms with Crippen LogP contribution in [0.15, 0.2) is 40.3 Å². The summed E-state index contributed by atoms with van der Waals surface area (Å²) in [6.45, 7) is 4.85. The van der Waals surface area contributed by atoms with E-state index in [1.54, 1.807) is 7.11 Å². The van der Waals surface area contributed by atoms with Crippen LogP contribution in [0.3, 0.4) is 0 Å². The molecule has 0 aliphatic rings. The van der Waals surface area contributed by atoms with Crippen molar-refractivity contribution in [2.45, 2.75) is 37.6 Å². The minimum absolute atomic E-state index is 0.106. The third kappa shape index (κ3) is 6.92. The number of aromatic amines is 1. The number of nitrogens with zero attached hydrogens (tertiary/aromatic N) is 1. The lowest BCUT2D eigenvalue weighted by atomic mass is 10.1. The average Bonchev–Trinajstić information content (AvgIpc) is 2.59. The summed E-state index contributed by atoms with van der Waals surface area (Å²) in [5, 5.41) is 3.36. The molecule has 7 heteroatoms. The van der Waals surface area contributed by atoms with E-state index in [0.29, 0.717) is 29.1 Å². The predicted octanol–water partition coefficient (Wildman–Crippen LogP) is 2.78. The molecule has 0 saturated carbocycles. The molecule has 1 aromatic heterocycles. The lowest BCUT2D eigenvalue weighted by Gasteiger charge is -2.08. The number of H-pyrrole nitrogens is 1. The van der Waals surface area contributed by atoms with Crippen molar-refractivity contribution in [3.63, 3.8) is 0 Å². The number of methoxy groups -OCH3 is 1. The van der Waals surface area contributed by atoms with E-state index in [-0.39, 0.29) is 17.9 Å². The number of hydrogen-bond donors (Lipinski definition) is 2. The first-order valence-corrected chi connectivity index (χ1v) is 9.57. The van der Waals surface area contributed by atoms with Gasteiger partial charge in [-0.3, -0.25) is 9.59 Å². The zero-order chi connectivity index (χ0) is 18.9. The van der Waals surface area contributed by atoms with Crippen molar-refractivity contribution in [1.82, 2.24) is 15.3 Å². The molecule has 0 atom stereocenters. The fourth-order valence-corrected chi connectivity index (χ4v) is 3.12. The first-order valence-electron chi connectivity index (χ1n) is 8.59. The van der Waals surface area contributed by atoms with Gasteiger partial charge in [-0.2, -0.15) is 0 Å². The van der Waals surface area contributed by atoms with Gasteiger partial charge in [-0.15, -0.1) is 0 Å². The number of carbonyl (C=O) groups is 1. The van der Waals surface area contributed by atoms with E-state index < -0.39 is 0 Å². The summed E-state index contributed by atoms with van der Waals surface area (Å²) in [4.78, 5) is 30.9. The number of rotatable bonds is 9. The molecule has 1 aromatic carbocycles. The van der Waals surface area contributed by atoms with Gasteiger partial charge in [-0.1, -0.05) is 37.7 Å². The Morgan fingerprint density at radius 1 is 1.35 bits per heavy atom. The fourth-order valence-electron chi connectivity index (χ4n) is 2.28. The number of carbonyl (C=O) groups excluding carboxylic acids is 1. The highest BCUT2D eigenvalue weighted by Gasteiger charge is 2.08. The molecule has 0 unspecified atom stereocenters. The molecule has 0 saturated heterocycles. The van der Waals surface area contributed by atoms with Crippen LogP contribution in [0, 0.1) is 5.92 Å². The summed E-state index contributed by atoms with van der Waals surface area (Å²) in [6.07, 6.45) is 1.03. The van der Waals surface area contributed by atoms with E-state index in [9.17, 15) is 9.59 Å². The van der Waals surface area contributed by atoms with Crippen LogP contribution in [0.4, 0.5) is 0 Å². The molecule has 26 heavy (non-hydrogen) atoms. The van der Waals surface area contributed by atoms with Crippen molar-refractivity contribution >= 4 is 17.7 Å². The van der Waals surface area contributed by atoms with E-state index in [1.807, 2.05) is 24.3 Å². The second kappa shape index (κ2) is 10.0. The summed E-state index contributed by atoms with van der Waals surface area (Å²) in [6, 6.07) is 9.10. The first kappa shape index (κ1) is 20.0. The summed E-state index contributed by atoms with van der Waals surface area (Å²) in [7, 11) is 1.63. The molecule has 1 amide bonds. The van der Waals surface area contributed by atoms with E-state index in [0.717, 1.165) is 17.7 Å². The van der Waals surface area contributed by atoms with E-state index >= 15 is 0 Å². The van der Waals surface area contributed by atoms with Crippen molar-refractivity contribution < 1.29 is 9.53 Å². The quantitative estimate of drug-likeness (QED) is 0.520. The lowest BCUT2D eigenvalue weighted by molar-refractivity contribution is -0.120. The van der Waals surface area contributed by atoms with Crippen molar-refractivity contribution in [2.24, 2.45) is 5.92 Å². The highest BCUT2D eigenvalue weighted by Crippen LogP contribution is 2.21. The first-order chi connectivity index (χ1) is 12.5. The van der Waals surface area contributed by atoms with Crippen molar-refractivity contribution in [3.8, 4) is 5.75 Å². The molecule has 2 N–H and O–H groups in total. The highest BCUT2D eigenvalue weighted by atomic mass is 32.2. The second-order valence-electron chi connectivity index (χ2n) is 6.39. The average molecular weight is 375 g/mol. The minimum atomic E-state index is -0.252. The van der Waals surface area contributed by atoms with Crippen LogP contribution < -0.4 is 15.6 Å². The van der Waals surface area contributed by atoms with Crippen LogP contribution in [0.1, 0.15) is 31.5 Å². The molecule has 2 rings (SSSR count). The Labute approximate surface area is 157 Å². The minimum Gasteiger partial charge on any atom is -0.497 e. The van der Waals surface area contributed by atoms with Gasteiger partial charge >= 0.3 is 0 Å².